The number of carbonyl (C=O) groups excluding carboxylic acids is 1. The minimum absolute atomic E-state index is 0.000569. The van der Waals surface area contributed by atoms with Gasteiger partial charge in [-0.05, 0) is 31.6 Å². The van der Waals surface area contributed by atoms with E-state index in [4.69, 9.17) is 16.7 Å². The molecule has 1 fully saturated rings. The number of carboxylic acids is 1. The first kappa shape index (κ1) is 16.8. The molecule has 7 heteroatoms. The van der Waals surface area contributed by atoms with Crippen molar-refractivity contribution in [1.29, 1.82) is 0 Å². The summed E-state index contributed by atoms with van der Waals surface area (Å²) in [5.41, 5.74) is 1.11. The van der Waals surface area contributed by atoms with Gasteiger partial charge in [0, 0.05) is 13.1 Å². The SMILES string of the molecule is CC(C)c1nn(C)c(Cl)c1C(=O)NC1CCC(C(=O)O)CC1. The molecule has 6 nitrogen and oxygen atoms in total. The molecule has 1 aromatic rings. The molecule has 1 aliphatic rings. The fourth-order valence-corrected chi connectivity index (χ4v) is 3.10. The summed E-state index contributed by atoms with van der Waals surface area (Å²) in [5, 5.41) is 16.6. The Labute approximate surface area is 134 Å². The van der Waals surface area contributed by atoms with Crippen LogP contribution < -0.4 is 5.32 Å². The molecule has 0 saturated heterocycles. The number of carbonyl (C=O) groups is 2. The van der Waals surface area contributed by atoms with E-state index in [1.165, 1.54) is 4.68 Å². The predicted molar refractivity (Wildman–Crippen MR) is 83.2 cm³/mol. The lowest BCUT2D eigenvalue weighted by Gasteiger charge is -2.26. The van der Waals surface area contributed by atoms with Gasteiger partial charge >= 0.3 is 5.97 Å². The molecule has 22 heavy (non-hydrogen) atoms. The van der Waals surface area contributed by atoms with Gasteiger partial charge in [-0.3, -0.25) is 14.3 Å². The van der Waals surface area contributed by atoms with Crippen LogP contribution >= 0.6 is 11.6 Å². The first-order valence-electron chi connectivity index (χ1n) is 7.57. The molecule has 0 aliphatic heterocycles. The molecule has 0 bridgehead atoms. The molecule has 0 atom stereocenters. The second-order valence-corrected chi connectivity index (χ2v) is 6.55. The van der Waals surface area contributed by atoms with E-state index in [1.54, 1.807) is 7.05 Å². The Morgan fingerprint density at radius 2 is 1.91 bits per heavy atom. The van der Waals surface area contributed by atoms with Gasteiger partial charge in [-0.2, -0.15) is 5.10 Å². The zero-order valence-electron chi connectivity index (χ0n) is 13.1. The lowest BCUT2D eigenvalue weighted by molar-refractivity contribution is -0.142. The standard InChI is InChI=1S/C15H22ClN3O3/c1-8(2)12-11(13(16)19(3)18-12)14(20)17-10-6-4-9(5-7-10)15(21)22/h8-10H,4-7H2,1-3H3,(H,17,20)(H,21,22). The highest BCUT2D eigenvalue weighted by atomic mass is 35.5. The van der Waals surface area contributed by atoms with Crippen LogP contribution in [0.2, 0.25) is 5.15 Å². The predicted octanol–water partition coefficient (Wildman–Crippen LogP) is 2.57. The van der Waals surface area contributed by atoms with Gasteiger partial charge in [-0.25, -0.2) is 0 Å². The highest BCUT2D eigenvalue weighted by Gasteiger charge is 2.29. The summed E-state index contributed by atoms with van der Waals surface area (Å²) in [5.74, 6) is -1.16. The van der Waals surface area contributed by atoms with Crippen molar-refractivity contribution in [3.8, 4) is 0 Å². The number of hydrogen-bond acceptors (Lipinski definition) is 3. The number of hydrogen-bond donors (Lipinski definition) is 2. The van der Waals surface area contributed by atoms with Crippen LogP contribution in [0, 0.1) is 5.92 Å². The molecule has 2 N–H and O–H groups in total. The minimum atomic E-state index is -0.748. The van der Waals surface area contributed by atoms with Gasteiger partial charge in [0.1, 0.15) is 5.15 Å². The van der Waals surface area contributed by atoms with Crippen molar-refractivity contribution < 1.29 is 14.7 Å². The lowest BCUT2D eigenvalue weighted by atomic mass is 9.86. The molecule has 0 unspecified atom stereocenters. The van der Waals surface area contributed by atoms with Gasteiger partial charge in [0.05, 0.1) is 17.2 Å². The number of halogens is 1. The maximum absolute atomic E-state index is 12.5. The highest BCUT2D eigenvalue weighted by Crippen LogP contribution is 2.27. The van der Waals surface area contributed by atoms with Crippen molar-refractivity contribution in [3.63, 3.8) is 0 Å². The van der Waals surface area contributed by atoms with Crippen LogP contribution in [-0.2, 0) is 11.8 Å². The summed E-state index contributed by atoms with van der Waals surface area (Å²) >= 11 is 6.20. The van der Waals surface area contributed by atoms with Crippen LogP contribution in [0.4, 0.5) is 0 Å². The van der Waals surface area contributed by atoms with Crippen LogP contribution in [0.5, 0.6) is 0 Å². The number of aromatic nitrogens is 2. The molecule has 0 aromatic carbocycles. The summed E-state index contributed by atoms with van der Waals surface area (Å²) in [6.45, 7) is 3.93. The average Bonchev–Trinajstić information content (AvgIpc) is 2.76. The average molecular weight is 328 g/mol. The van der Waals surface area contributed by atoms with E-state index < -0.39 is 5.97 Å². The van der Waals surface area contributed by atoms with E-state index in [0.717, 1.165) is 0 Å². The van der Waals surface area contributed by atoms with Crippen molar-refractivity contribution in [2.75, 3.05) is 0 Å². The second kappa shape index (κ2) is 6.69. The Balaban J connectivity index is 2.06. The zero-order chi connectivity index (χ0) is 16.4. The fraction of sp³-hybridized carbons (Fsp3) is 0.667. The maximum atomic E-state index is 12.5. The number of rotatable bonds is 4. The molecule has 2 rings (SSSR count). The highest BCUT2D eigenvalue weighted by molar-refractivity contribution is 6.33. The summed E-state index contributed by atoms with van der Waals surface area (Å²) in [4.78, 5) is 23.5. The molecule has 1 heterocycles. The number of nitrogens with zero attached hydrogens (tertiary/aromatic N) is 2. The molecule has 1 aliphatic carbocycles. The third kappa shape index (κ3) is 3.43. The van der Waals surface area contributed by atoms with E-state index in [9.17, 15) is 9.59 Å². The first-order chi connectivity index (χ1) is 10.3. The Morgan fingerprint density at radius 3 is 2.41 bits per heavy atom. The van der Waals surface area contributed by atoms with Crippen molar-refractivity contribution in [3.05, 3.63) is 16.4 Å². The van der Waals surface area contributed by atoms with Gasteiger partial charge in [-0.1, -0.05) is 25.4 Å². The number of nitrogens with one attached hydrogen (secondary N) is 1. The van der Waals surface area contributed by atoms with Crippen LogP contribution in [0.1, 0.15) is 61.5 Å². The molecule has 1 saturated carbocycles. The summed E-state index contributed by atoms with van der Waals surface area (Å²) in [7, 11) is 1.71. The third-order valence-electron chi connectivity index (χ3n) is 4.19. The molecule has 0 radical (unpaired) electrons. The van der Waals surface area contributed by atoms with Gasteiger partial charge < -0.3 is 10.4 Å². The molecule has 0 spiro atoms. The van der Waals surface area contributed by atoms with Gasteiger partial charge in [0.15, 0.2) is 0 Å². The third-order valence-corrected chi connectivity index (χ3v) is 4.62. The van der Waals surface area contributed by atoms with Crippen molar-refractivity contribution in [1.82, 2.24) is 15.1 Å². The van der Waals surface area contributed by atoms with E-state index in [1.807, 2.05) is 13.8 Å². The zero-order valence-corrected chi connectivity index (χ0v) is 13.9. The Hall–Kier alpha value is -1.56. The Morgan fingerprint density at radius 1 is 1.32 bits per heavy atom. The Bertz CT molecular complexity index is 575. The molecule has 1 aromatic heterocycles. The molecule has 122 valence electrons. The number of amides is 1. The smallest absolute Gasteiger partial charge is 0.306 e. The van der Waals surface area contributed by atoms with Gasteiger partial charge in [0.2, 0.25) is 0 Å². The largest absolute Gasteiger partial charge is 0.481 e. The van der Waals surface area contributed by atoms with Crippen molar-refractivity contribution in [2.24, 2.45) is 13.0 Å². The molecular weight excluding hydrogens is 306 g/mol. The topological polar surface area (TPSA) is 84.2 Å². The second-order valence-electron chi connectivity index (χ2n) is 6.19. The van der Waals surface area contributed by atoms with Gasteiger partial charge in [-0.15, -0.1) is 0 Å². The number of aliphatic carboxylic acids is 1. The number of carboxylic acid groups (broad SMARTS) is 1. The number of aryl methyl sites for hydroxylation is 1. The van der Waals surface area contributed by atoms with E-state index in [2.05, 4.69) is 10.4 Å². The first-order valence-corrected chi connectivity index (χ1v) is 7.95. The summed E-state index contributed by atoms with van der Waals surface area (Å²) in [6.07, 6.45) is 2.55. The normalized spacial score (nSPS) is 21.9. The molecular formula is C15H22ClN3O3. The quantitative estimate of drug-likeness (QED) is 0.890. The molecule has 1 amide bonds. The van der Waals surface area contributed by atoms with Crippen LogP contribution in [-0.4, -0.2) is 32.8 Å². The summed E-state index contributed by atoms with van der Waals surface area (Å²) < 4.78 is 1.51. The van der Waals surface area contributed by atoms with E-state index >= 15 is 0 Å². The van der Waals surface area contributed by atoms with Crippen LogP contribution in [0.25, 0.3) is 0 Å². The van der Waals surface area contributed by atoms with Crippen molar-refractivity contribution in [2.45, 2.75) is 51.5 Å². The van der Waals surface area contributed by atoms with E-state index in [0.29, 0.717) is 42.1 Å². The Kier molecular flexibility index (Phi) is 5.11. The van der Waals surface area contributed by atoms with Crippen LogP contribution in [0.15, 0.2) is 0 Å². The van der Waals surface area contributed by atoms with Crippen molar-refractivity contribution >= 4 is 23.5 Å². The van der Waals surface area contributed by atoms with Crippen LogP contribution in [0.3, 0.4) is 0 Å². The lowest BCUT2D eigenvalue weighted by Crippen LogP contribution is -2.39. The van der Waals surface area contributed by atoms with E-state index in [-0.39, 0.29) is 23.8 Å². The minimum Gasteiger partial charge on any atom is -0.481 e. The summed E-state index contributed by atoms with van der Waals surface area (Å²) in [6, 6.07) is -0.000569. The fourth-order valence-electron chi connectivity index (χ4n) is 2.88. The maximum Gasteiger partial charge on any atom is 0.306 e. The monoisotopic (exact) mass is 327 g/mol. The van der Waals surface area contributed by atoms with Gasteiger partial charge in [0.25, 0.3) is 5.91 Å².